The van der Waals surface area contributed by atoms with Crippen LogP contribution in [-0.4, -0.2) is 49.6 Å². The Morgan fingerprint density at radius 3 is 2.45 bits per heavy atom. The van der Waals surface area contributed by atoms with E-state index in [4.69, 9.17) is 31.2 Å². The zero-order valence-corrected chi connectivity index (χ0v) is 18.0. The number of thioether (sulfide) groups is 1. The van der Waals surface area contributed by atoms with Crippen LogP contribution in [0.2, 0.25) is 0 Å². The molecule has 2 aromatic carbocycles. The smallest absolute Gasteiger partial charge is 0.265 e. The van der Waals surface area contributed by atoms with Crippen LogP contribution >= 0.6 is 24.0 Å². The Hall–Kier alpha value is -2.71. The summed E-state index contributed by atoms with van der Waals surface area (Å²) in [7, 11) is 4.86. The van der Waals surface area contributed by atoms with Gasteiger partial charge in [-0.25, -0.2) is 0 Å². The SMILES string of the molecule is COc1cccc(OCCOc2ccc(C=C3SC(=S)N(C)C3=O)cc2OC)c1. The Labute approximate surface area is 179 Å². The van der Waals surface area contributed by atoms with Crippen LogP contribution in [0.4, 0.5) is 0 Å². The number of benzene rings is 2. The largest absolute Gasteiger partial charge is 0.497 e. The van der Waals surface area contributed by atoms with E-state index in [1.165, 1.54) is 16.7 Å². The van der Waals surface area contributed by atoms with Gasteiger partial charge in [0, 0.05) is 13.1 Å². The third-order valence-electron chi connectivity index (χ3n) is 4.12. The molecule has 0 aromatic heterocycles. The fraction of sp³-hybridized carbons (Fsp3) is 0.238. The van der Waals surface area contributed by atoms with Gasteiger partial charge in [-0.05, 0) is 35.9 Å². The van der Waals surface area contributed by atoms with Gasteiger partial charge < -0.3 is 18.9 Å². The number of hydrogen-bond acceptors (Lipinski definition) is 7. The zero-order chi connectivity index (χ0) is 20.8. The molecule has 1 fully saturated rings. The van der Waals surface area contributed by atoms with Crippen molar-refractivity contribution < 1.29 is 23.7 Å². The van der Waals surface area contributed by atoms with Crippen molar-refractivity contribution in [1.29, 1.82) is 0 Å². The number of methoxy groups -OCH3 is 2. The first-order valence-corrected chi connectivity index (χ1v) is 10.0. The molecule has 1 aliphatic rings. The second-order valence-electron chi connectivity index (χ2n) is 6.03. The summed E-state index contributed by atoms with van der Waals surface area (Å²) in [6.45, 7) is 0.721. The highest BCUT2D eigenvalue weighted by molar-refractivity contribution is 8.26. The van der Waals surface area contributed by atoms with Gasteiger partial charge in [-0.1, -0.05) is 36.1 Å². The van der Waals surface area contributed by atoms with Crippen LogP contribution in [0.3, 0.4) is 0 Å². The van der Waals surface area contributed by atoms with E-state index in [-0.39, 0.29) is 5.91 Å². The summed E-state index contributed by atoms with van der Waals surface area (Å²) < 4.78 is 22.6. The maximum absolute atomic E-state index is 12.1. The molecule has 2 aromatic rings. The molecule has 0 aliphatic carbocycles. The topological polar surface area (TPSA) is 57.2 Å². The van der Waals surface area contributed by atoms with Crippen LogP contribution < -0.4 is 18.9 Å². The first-order valence-electron chi connectivity index (χ1n) is 8.81. The average Bonchev–Trinajstić information content (AvgIpc) is 2.98. The highest BCUT2D eigenvalue weighted by Crippen LogP contribution is 2.34. The Bertz CT molecular complexity index is 944. The first-order chi connectivity index (χ1) is 14.0. The minimum atomic E-state index is -0.103. The van der Waals surface area contributed by atoms with E-state index in [9.17, 15) is 4.79 Å². The quantitative estimate of drug-likeness (QED) is 0.356. The van der Waals surface area contributed by atoms with Crippen LogP contribution in [0.25, 0.3) is 6.08 Å². The minimum Gasteiger partial charge on any atom is -0.497 e. The molecule has 152 valence electrons. The predicted molar refractivity (Wildman–Crippen MR) is 118 cm³/mol. The molecule has 3 rings (SSSR count). The first kappa shape index (κ1) is 21.0. The van der Waals surface area contributed by atoms with Crippen LogP contribution in [0, 0.1) is 0 Å². The number of ether oxygens (including phenoxy) is 4. The molecule has 0 N–H and O–H groups in total. The Morgan fingerprint density at radius 1 is 1.00 bits per heavy atom. The zero-order valence-electron chi connectivity index (χ0n) is 16.3. The number of carbonyl (C=O) groups is 1. The number of nitrogens with zero attached hydrogens (tertiary/aromatic N) is 1. The number of amides is 1. The third-order valence-corrected chi connectivity index (χ3v) is 5.61. The van der Waals surface area contributed by atoms with Gasteiger partial charge in [0.15, 0.2) is 11.5 Å². The van der Waals surface area contributed by atoms with E-state index in [1.54, 1.807) is 27.3 Å². The summed E-state index contributed by atoms with van der Waals surface area (Å²) >= 11 is 6.44. The molecule has 0 spiro atoms. The van der Waals surface area contributed by atoms with Crippen molar-refractivity contribution in [3.05, 3.63) is 52.9 Å². The average molecular weight is 432 g/mol. The lowest BCUT2D eigenvalue weighted by Gasteiger charge is -2.12. The lowest BCUT2D eigenvalue weighted by Crippen LogP contribution is -2.22. The molecule has 29 heavy (non-hydrogen) atoms. The van der Waals surface area contributed by atoms with Gasteiger partial charge in [-0.2, -0.15) is 0 Å². The fourth-order valence-corrected chi connectivity index (χ4v) is 3.77. The van der Waals surface area contributed by atoms with E-state index in [0.29, 0.717) is 39.7 Å². The van der Waals surface area contributed by atoms with Crippen molar-refractivity contribution in [1.82, 2.24) is 4.90 Å². The monoisotopic (exact) mass is 431 g/mol. The summed E-state index contributed by atoms with van der Waals surface area (Å²) in [5.74, 6) is 2.52. The lowest BCUT2D eigenvalue weighted by molar-refractivity contribution is -0.121. The number of thiocarbonyl (C=S) groups is 1. The standard InChI is InChI=1S/C21H21NO5S2/c1-22-20(23)19(29-21(22)28)12-14-7-8-17(18(11-14)25-3)27-10-9-26-16-6-4-5-15(13-16)24-2/h4-8,11-13H,9-10H2,1-3H3. The number of likely N-dealkylation sites (N-methyl/N-ethyl adjacent to an activating group) is 1. The number of rotatable bonds is 8. The van der Waals surface area contributed by atoms with Crippen molar-refractivity contribution in [3.63, 3.8) is 0 Å². The van der Waals surface area contributed by atoms with Gasteiger partial charge >= 0.3 is 0 Å². The maximum atomic E-state index is 12.1. The Balaban J connectivity index is 1.60. The van der Waals surface area contributed by atoms with Gasteiger partial charge in [0.2, 0.25) is 0 Å². The number of hydrogen-bond donors (Lipinski definition) is 0. The van der Waals surface area contributed by atoms with E-state index < -0.39 is 0 Å². The van der Waals surface area contributed by atoms with Crippen LogP contribution in [-0.2, 0) is 4.79 Å². The van der Waals surface area contributed by atoms with Gasteiger partial charge in [-0.3, -0.25) is 9.69 Å². The van der Waals surface area contributed by atoms with Gasteiger partial charge in [-0.15, -0.1) is 0 Å². The highest BCUT2D eigenvalue weighted by atomic mass is 32.2. The van der Waals surface area contributed by atoms with Gasteiger partial charge in [0.25, 0.3) is 5.91 Å². The lowest BCUT2D eigenvalue weighted by atomic mass is 10.2. The molecule has 6 nitrogen and oxygen atoms in total. The van der Waals surface area contributed by atoms with Crippen molar-refractivity contribution in [2.75, 3.05) is 34.5 Å². The molecule has 1 heterocycles. The van der Waals surface area contributed by atoms with Crippen LogP contribution in [0.1, 0.15) is 5.56 Å². The molecular formula is C21H21NO5S2. The summed E-state index contributed by atoms with van der Waals surface area (Å²) in [6.07, 6.45) is 1.79. The van der Waals surface area contributed by atoms with E-state index in [0.717, 1.165) is 11.3 Å². The molecule has 0 saturated carbocycles. The minimum absolute atomic E-state index is 0.103. The molecule has 1 aliphatic heterocycles. The molecule has 1 amide bonds. The Morgan fingerprint density at radius 2 is 1.76 bits per heavy atom. The van der Waals surface area contributed by atoms with Crippen LogP contribution in [0.5, 0.6) is 23.0 Å². The van der Waals surface area contributed by atoms with E-state index >= 15 is 0 Å². The van der Waals surface area contributed by atoms with Crippen molar-refractivity contribution >= 4 is 40.3 Å². The summed E-state index contributed by atoms with van der Waals surface area (Å²) in [4.78, 5) is 14.2. The summed E-state index contributed by atoms with van der Waals surface area (Å²) in [6, 6.07) is 12.9. The second-order valence-corrected chi connectivity index (χ2v) is 7.70. The van der Waals surface area contributed by atoms with E-state index in [2.05, 4.69) is 0 Å². The fourth-order valence-electron chi connectivity index (χ4n) is 2.59. The highest BCUT2D eigenvalue weighted by Gasteiger charge is 2.28. The molecule has 0 atom stereocenters. The normalized spacial score (nSPS) is 15.0. The molecular weight excluding hydrogens is 410 g/mol. The summed E-state index contributed by atoms with van der Waals surface area (Å²) in [5, 5.41) is 0. The van der Waals surface area contributed by atoms with Crippen molar-refractivity contribution in [2.45, 2.75) is 0 Å². The van der Waals surface area contributed by atoms with Crippen LogP contribution in [0.15, 0.2) is 47.4 Å². The Kier molecular flexibility index (Phi) is 7.00. The van der Waals surface area contributed by atoms with Gasteiger partial charge in [0.1, 0.15) is 29.0 Å². The summed E-state index contributed by atoms with van der Waals surface area (Å²) in [5.41, 5.74) is 0.829. The number of carbonyl (C=O) groups excluding carboxylic acids is 1. The molecule has 8 heteroatoms. The second kappa shape index (κ2) is 9.67. The maximum Gasteiger partial charge on any atom is 0.265 e. The third kappa shape index (κ3) is 5.21. The van der Waals surface area contributed by atoms with Gasteiger partial charge in [0.05, 0.1) is 19.1 Å². The predicted octanol–water partition coefficient (Wildman–Crippen LogP) is 3.99. The van der Waals surface area contributed by atoms with Crippen molar-refractivity contribution in [2.24, 2.45) is 0 Å². The van der Waals surface area contributed by atoms with E-state index in [1.807, 2.05) is 42.5 Å². The molecule has 1 saturated heterocycles. The van der Waals surface area contributed by atoms with Crippen molar-refractivity contribution in [3.8, 4) is 23.0 Å². The molecule has 0 unspecified atom stereocenters. The molecule has 0 radical (unpaired) electrons. The molecule has 0 bridgehead atoms.